The molecule has 120 valence electrons. The highest BCUT2D eigenvalue weighted by Gasteiger charge is 2.35. The number of rotatable bonds is 5. The summed E-state index contributed by atoms with van der Waals surface area (Å²) >= 11 is 7.03. The fourth-order valence-corrected chi connectivity index (χ4v) is 5.75. The number of nitrogens with two attached hydrogens (primary N) is 2. The van der Waals surface area contributed by atoms with Gasteiger partial charge in [-0.3, -0.25) is 0 Å². The normalized spacial score (nSPS) is 17.5. The van der Waals surface area contributed by atoms with Gasteiger partial charge in [-0.15, -0.1) is 47.0 Å². The van der Waals surface area contributed by atoms with Crippen LogP contribution in [0.2, 0.25) is 0 Å². The van der Waals surface area contributed by atoms with E-state index in [0.29, 0.717) is 0 Å². The van der Waals surface area contributed by atoms with Crippen LogP contribution in [-0.4, -0.2) is 29.1 Å². The summed E-state index contributed by atoms with van der Waals surface area (Å²) in [6.45, 7) is 0. The lowest BCUT2D eigenvalue weighted by Crippen LogP contribution is -2.30. The van der Waals surface area contributed by atoms with E-state index in [1.165, 1.54) is 16.0 Å². The first kappa shape index (κ1) is 18.0. The van der Waals surface area contributed by atoms with Crippen molar-refractivity contribution in [3.63, 3.8) is 0 Å². The molecule has 0 fully saturated rings. The van der Waals surface area contributed by atoms with Crippen LogP contribution in [0.4, 0.5) is 5.69 Å². The topological polar surface area (TPSA) is 52.0 Å². The van der Waals surface area contributed by atoms with Crippen LogP contribution >= 0.6 is 47.0 Å². The molecule has 0 aliphatic heterocycles. The smallest absolute Gasteiger partial charge is 0.119 e. The molecule has 1 aromatic carbocycles. The summed E-state index contributed by atoms with van der Waals surface area (Å²) in [5.41, 5.74) is 16.9. The lowest BCUT2D eigenvalue weighted by Gasteiger charge is -2.34. The molecule has 4 N–H and O–H groups in total. The van der Waals surface area contributed by atoms with Crippen LogP contribution in [0.1, 0.15) is 12.0 Å². The lowest BCUT2D eigenvalue weighted by atomic mass is 9.95. The minimum atomic E-state index is -0.174. The summed E-state index contributed by atoms with van der Waals surface area (Å²) in [6, 6.07) is 6.31. The largest absolute Gasteiger partial charge is 0.399 e. The minimum absolute atomic E-state index is 0.174. The molecule has 0 atom stereocenters. The molecule has 22 heavy (non-hydrogen) atoms. The number of nitrogen functional groups attached to an aromatic ring is 1. The Morgan fingerprint density at radius 3 is 2.23 bits per heavy atom. The summed E-state index contributed by atoms with van der Waals surface area (Å²) < 4.78 is -0.174. The van der Waals surface area contributed by atoms with Gasteiger partial charge in [0.15, 0.2) is 0 Å². The second kappa shape index (κ2) is 7.51. The molecule has 1 aromatic rings. The SMILES string of the molecule is CSC1=C(N)C(SC)(SC)C=C(c2ccc(N)c(SC)c2)C1. The Labute approximate surface area is 150 Å². The standard InChI is InChI=1S/C16H22N2S4/c1-19-13-7-10(5-6-12(13)17)11-8-14(20-2)15(18)16(9-11,21-3)22-4/h5-7,9H,8,17-18H2,1-4H3. The van der Waals surface area contributed by atoms with E-state index in [1.54, 1.807) is 47.0 Å². The van der Waals surface area contributed by atoms with Gasteiger partial charge in [0.05, 0.1) is 0 Å². The summed E-state index contributed by atoms with van der Waals surface area (Å²) in [7, 11) is 0. The zero-order valence-electron chi connectivity index (χ0n) is 13.3. The Hall–Kier alpha value is -0.300. The van der Waals surface area contributed by atoms with Gasteiger partial charge in [0, 0.05) is 27.6 Å². The highest BCUT2D eigenvalue weighted by molar-refractivity contribution is 8.18. The van der Waals surface area contributed by atoms with Crippen LogP contribution in [0.3, 0.4) is 0 Å². The monoisotopic (exact) mass is 370 g/mol. The van der Waals surface area contributed by atoms with Gasteiger partial charge in [0.1, 0.15) is 4.08 Å². The van der Waals surface area contributed by atoms with Crippen molar-refractivity contribution in [3.05, 3.63) is 40.4 Å². The molecule has 2 rings (SSSR count). The highest BCUT2D eigenvalue weighted by Crippen LogP contribution is 2.49. The summed E-state index contributed by atoms with van der Waals surface area (Å²) in [5.74, 6) is 0. The van der Waals surface area contributed by atoms with Crippen LogP contribution in [-0.2, 0) is 0 Å². The van der Waals surface area contributed by atoms with Crippen molar-refractivity contribution >= 4 is 58.3 Å². The van der Waals surface area contributed by atoms with Crippen LogP contribution in [0.25, 0.3) is 5.57 Å². The second-order valence-electron chi connectivity index (χ2n) is 4.92. The Balaban J connectivity index is 2.52. The van der Waals surface area contributed by atoms with E-state index in [1.807, 2.05) is 6.07 Å². The Morgan fingerprint density at radius 2 is 1.68 bits per heavy atom. The van der Waals surface area contributed by atoms with Gasteiger partial charge >= 0.3 is 0 Å². The first-order valence-electron chi connectivity index (χ1n) is 6.80. The van der Waals surface area contributed by atoms with Gasteiger partial charge in [-0.1, -0.05) is 6.07 Å². The van der Waals surface area contributed by atoms with Gasteiger partial charge in [-0.2, -0.15) is 0 Å². The second-order valence-corrected chi connectivity index (χ2v) is 9.03. The Kier molecular flexibility index (Phi) is 6.16. The van der Waals surface area contributed by atoms with Crippen molar-refractivity contribution in [3.8, 4) is 0 Å². The molecule has 1 aliphatic carbocycles. The van der Waals surface area contributed by atoms with Crippen molar-refractivity contribution in [2.24, 2.45) is 5.73 Å². The van der Waals surface area contributed by atoms with Gasteiger partial charge in [-0.05, 0) is 54.4 Å². The quantitative estimate of drug-likeness (QED) is 0.444. The third-order valence-electron chi connectivity index (χ3n) is 3.85. The molecular formula is C16H22N2S4. The molecule has 2 nitrogen and oxygen atoms in total. The Bertz CT molecular complexity index is 619. The minimum Gasteiger partial charge on any atom is -0.399 e. The molecule has 0 saturated heterocycles. The molecule has 0 unspecified atom stereocenters. The molecule has 0 saturated carbocycles. The van der Waals surface area contributed by atoms with E-state index in [2.05, 4.69) is 43.2 Å². The van der Waals surface area contributed by atoms with Crippen molar-refractivity contribution < 1.29 is 0 Å². The number of hydrogen-bond acceptors (Lipinski definition) is 6. The molecule has 0 amide bonds. The zero-order valence-corrected chi connectivity index (χ0v) is 16.6. The number of allylic oxidation sites excluding steroid dienone is 2. The third-order valence-corrected chi connectivity index (χ3v) is 8.39. The molecule has 1 aliphatic rings. The third kappa shape index (κ3) is 3.30. The Morgan fingerprint density at radius 1 is 1.00 bits per heavy atom. The van der Waals surface area contributed by atoms with Crippen LogP contribution < -0.4 is 11.5 Å². The van der Waals surface area contributed by atoms with Crippen LogP contribution in [0.15, 0.2) is 39.8 Å². The summed E-state index contributed by atoms with van der Waals surface area (Å²) in [4.78, 5) is 2.40. The van der Waals surface area contributed by atoms with E-state index in [4.69, 9.17) is 11.5 Å². The van der Waals surface area contributed by atoms with Crippen LogP contribution in [0.5, 0.6) is 0 Å². The first-order valence-corrected chi connectivity index (χ1v) is 11.7. The van der Waals surface area contributed by atoms with Gasteiger partial charge < -0.3 is 11.5 Å². The van der Waals surface area contributed by atoms with Gasteiger partial charge in [-0.25, -0.2) is 0 Å². The van der Waals surface area contributed by atoms with Gasteiger partial charge in [0.25, 0.3) is 0 Å². The lowest BCUT2D eigenvalue weighted by molar-refractivity contribution is 1.05. The van der Waals surface area contributed by atoms with Crippen molar-refractivity contribution in [1.82, 2.24) is 0 Å². The molecule has 0 spiro atoms. The number of anilines is 1. The maximum atomic E-state index is 6.46. The molecule has 0 radical (unpaired) electrons. The zero-order chi connectivity index (χ0) is 16.3. The molecule has 0 aromatic heterocycles. The maximum Gasteiger partial charge on any atom is 0.119 e. The van der Waals surface area contributed by atoms with Crippen molar-refractivity contribution in [1.29, 1.82) is 0 Å². The first-order chi connectivity index (χ1) is 10.5. The average molecular weight is 371 g/mol. The molecule has 0 bridgehead atoms. The molecule has 6 heteroatoms. The molecular weight excluding hydrogens is 348 g/mol. The van der Waals surface area contributed by atoms with Gasteiger partial charge in [0.2, 0.25) is 0 Å². The van der Waals surface area contributed by atoms with Crippen molar-refractivity contribution in [2.75, 3.05) is 30.8 Å². The summed E-state index contributed by atoms with van der Waals surface area (Å²) in [6.07, 6.45) is 11.6. The number of thioether (sulfide) groups is 4. The number of hydrogen-bond donors (Lipinski definition) is 2. The van der Waals surface area contributed by atoms with E-state index in [9.17, 15) is 0 Å². The fourth-order valence-electron chi connectivity index (χ4n) is 2.52. The predicted octanol–water partition coefficient (Wildman–Crippen LogP) is 4.73. The van der Waals surface area contributed by atoms with E-state index in [0.717, 1.165) is 22.7 Å². The van der Waals surface area contributed by atoms with E-state index in [-0.39, 0.29) is 4.08 Å². The fraction of sp³-hybridized carbons (Fsp3) is 0.375. The van der Waals surface area contributed by atoms with Crippen molar-refractivity contribution in [2.45, 2.75) is 15.4 Å². The summed E-state index contributed by atoms with van der Waals surface area (Å²) in [5, 5.41) is 0. The number of benzene rings is 1. The highest BCUT2D eigenvalue weighted by atomic mass is 32.2. The van der Waals surface area contributed by atoms with E-state index < -0.39 is 0 Å². The maximum absolute atomic E-state index is 6.46. The van der Waals surface area contributed by atoms with Crippen LogP contribution in [0, 0.1) is 0 Å². The predicted molar refractivity (Wildman–Crippen MR) is 110 cm³/mol. The molecule has 0 heterocycles. The van der Waals surface area contributed by atoms with E-state index >= 15 is 0 Å². The average Bonchev–Trinajstić information content (AvgIpc) is 2.56.